The van der Waals surface area contributed by atoms with Gasteiger partial charge in [-0.1, -0.05) is 26.8 Å². The summed E-state index contributed by atoms with van der Waals surface area (Å²) in [5.74, 6) is 1.04. The van der Waals surface area contributed by atoms with Crippen LogP contribution in [0.5, 0.6) is 0 Å². The number of benzene rings is 1. The molecule has 1 aliphatic carbocycles. The molecule has 1 fully saturated rings. The molecule has 0 spiro atoms. The number of nitrogens with one attached hydrogen (secondary N) is 2. The maximum atomic E-state index is 11.6. The predicted octanol–water partition coefficient (Wildman–Crippen LogP) is 3.71. The van der Waals surface area contributed by atoms with Crippen molar-refractivity contribution >= 4 is 38.8 Å². The fourth-order valence-electron chi connectivity index (χ4n) is 5.06. The van der Waals surface area contributed by atoms with Gasteiger partial charge in [0.05, 0.1) is 16.5 Å². The number of rotatable bonds is 7. The van der Waals surface area contributed by atoms with Crippen LogP contribution in [-0.4, -0.2) is 45.4 Å². The second kappa shape index (κ2) is 10.0. The summed E-state index contributed by atoms with van der Waals surface area (Å²) in [5.41, 5.74) is 1.05. The van der Waals surface area contributed by atoms with E-state index in [1.807, 2.05) is 4.68 Å². The van der Waals surface area contributed by atoms with E-state index < -0.39 is 16.1 Å². The first-order valence-corrected chi connectivity index (χ1v) is 13.5. The number of sulfonamides is 1. The van der Waals surface area contributed by atoms with Gasteiger partial charge in [0, 0.05) is 24.5 Å². The molecule has 12 heteroatoms. The van der Waals surface area contributed by atoms with E-state index in [0.717, 1.165) is 31.1 Å². The van der Waals surface area contributed by atoms with Crippen LogP contribution in [0.4, 0.5) is 16.4 Å². The third-order valence-corrected chi connectivity index (χ3v) is 7.71. The lowest BCUT2D eigenvalue weighted by Gasteiger charge is -2.40. The van der Waals surface area contributed by atoms with Crippen molar-refractivity contribution in [2.24, 2.45) is 22.4 Å². The van der Waals surface area contributed by atoms with Crippen molar-refractivity contribution in [2.45, 2.75) is 63.9 Å². The van der Waals surface area contributed by atoms with Crippen molar-refractivity contribution in [3.8, 4) is 0 Å². The van der Waals surface area contributed by atoms with Crippen molar-refractivity contribution in [3.63, 3.8) is 0 Å². The van der Waals surface area contributed by atoms with Crippen molar-refractivity contribution in [1.29, 1.82) is 0 Å². The van der Waals surface area contributed by atoms with Gasteiger partial charge in [0.2, 0.25) is 16.0 Å². The molecule has 1 unspecified atom stereocenters. The van der Waals surface area contributed by atoms with Crippen LogP contribution in [0, 0.1) is 17.3 Å². The van der Waals surface area contributed by atoms with Crippen molar-refractivity contribution < 1.29 is 18.3 Å². The van der Waals surface area contributed by atoms with E-state index in [9.17, 15) is 18.3 Å². The van der Waals surface area contributed by atoms with Crippen LogP contribution in [0.1, 0.15) is 46.5 Å². The Bertz CT molecular complexity index is 1340. The van der Waals surface area contributed by atoms with Gasteiger partial charge in [-0.2, -0.15) is 10.1 Å². The lowest BCUT2D eigenvalue weighted by molar-refractivity contribution is 0.121. The Balaban J connectivity index is 1.45. The molecular formula is C24H33N7O4S. The van der Waals surface area contributed by atoms with Gasteiger partial charge in [-0.25, -0.2) is 28.0 Å². The molecule has 0 radical (unpaired) electrons. The summed E-state index contributed by atoms with van der Waals surface area (Å²) in [5, 5.41) is 25.6. The number of primary sulfonamides is 1. The maximum Gasteiger partial charge on any atom is 0.404 e. The highest BCUT2D eigenvalue weighted by atomic mass is 32.2. The molecule has 36 heavy (non-hydrogen) atoms. The lowest BCUT2D eigenvalue weighted by Crippen LogP contribution is -2.49. The average molecular weight is 516 g/mol. The van der Waals surface area contributed by atoms with E-state index in [1.54, 1.807) is 24.5 Å². The Kier molecular flexibility index (Phi) is 7.19. The maximum absolute atomic E-state index is 11.6. The van der Waals surface area contributed by atoms with Crippen molar-refractivity contribution in [2.75, 3.05) is 5.32 Å². The highest BCUT2D eigenvalue weighted by Gasteiger charge is 2.36. The number of nitrogens with zero attached hydrogens (tertiary/aromatic N) is 4. The topological polar surface area (TPSA) is 165 Å². The number of amides is 1. The predicted molar refractivity (Wildman–Crippen MR) is 136 cm³/mol. The van der Waals surface area contributed by atoms with E-state index in [4.69, 9.17) is 5.14 Å². The van der Waals surface area contributed by atoms with E-state index in [-0.39, 0.29) is 16.4 Å². The summed E-state index contributed by atoms with van der Waals surface area (Å²) >= 11 is 0. The van der Waals surface area contributed by atoms with E-state index >= 15 is 0 Å². The fraction of sp³-hybridized carbons (Fsp3) is 0.500. The molecule has 3 aromatic rings. The van der Waals surface area contributed by atoms with Crippen LogP contribution in [0.15, 0.2) is 41.6 Å². The second-order valence-corrected chi connectivity index (χ2v) is 12.1. The monoisotopic (exact) mass is 515 g/mol. The molecule has 4 rings (SSSR count). The molecule has 11 nitrogen and oxygen atoms in total. The van der Waals surface area contributed by atoms with Gasteiger partial charge in [-0.05, 0) is 61.1 Å². The fourth-order valence-corrected chi connectivity index (χ4v) is 5.62. The third kappa shape index (κ3) is 6.11. The quantitative estimate of drug-likeness (QED) is 0.370. The number of carboxylic acid groups (broad SMARTS) is 1. The molecule has 2 heterocycles. The summed E-state index contributed by atoms with van der Waals surface area (Å²) in [6.07, 6.45) is 6.31. The van der Waals surface area contributed by atoms with Crippen LogP contribution in [-0.2, 0) is 16.6 Å². The van der Waals surface area contributed by atoms with Crippen LogP contribution in [0.2, 0.25) is 0 Å². The molecule has 0 aliphatic heterocycles. The van der Waals surface area contributed by atoms with Crippen LogP contribution in [0.25, 0.3) is 11.0 Å². The Morgan fingerprint density at radius 2 is 1.94 bits per heavy atom. The summed E-state index contributed by atoms with van der Waals surface area (Å²) in [7, 11) is -3.82. The molecule has 194 valence electrons. The lowest BCUT2D eigenvalue weighted by atomic mass is 9.71. The largest absolute Gasteiger partial charge is 0.465 e. The first-order valence-electron chi connectivity index (χ1n) is 12.0. The summed E-state index contributed by atoms with van der Waals surface area (Å²) in [6, 6.07) is 6.08. The number of nitrogens with two attached hydrogens (primary N) is 1. The Labute approximate surface area is 210 Å². The van der Waals surface area contributed by atoms with E-state index in [0.29, 0.717) is 35.7 Å². The van der Waals surface area contributed by atoms with Gasteiger partial charge < -0.3 is 15.7 Å². The zero-order chi connectivity index (χ0) is 26.1. The molecule has 1 amide bonds. The molecular weight excluding hydrogens is 482 g/mol. The normalized spacial score (nSPS) is 19.7. The molecule has 0 bridgehead atoms. The minimum atomic E-state index is -3.82. The highest BCUT2D eigenvalue weighted by molar-refractivity contribution is 7.89. The van der Waals surface area contributed by atoms with Gasteiger partial charge in [-0.15, -0.1) is 0 Å². The third-order valence-electron chi connectivity index (χ3n) is 6.80. The number of carbonyl (C=O) groups is 1. The Morgan fingerprint density at radius 3 is 2.58 bits per heavy atom. The summed E-state index contributed by atoms with van der Waals surface area (Å²) < 4.78 is 25.2. The highest BCUT2D eigenvalue weighted by Crippen LogP contribution is 2.37. The molecule has 0 saturated heterocycles. The molecule has 1 atom stereocenters. The van der Waals surface area contributed by atoms with Crippen LogP contribution >= 0.6 is 0 Å². The molecule has 2 aromatic heterocycles. The molecule has 1 saturated carbocycles. The average Bonchev–Trinajstić information content (AvgIpc) is 3.19. The van der Waals surface area contributed by atoms with Gasteiger partial charge in [0.15, 0.2) is 5.65 Å². The van der Waals surface area contributed by atoms with Gasteiger partial charge in [0.25, 0.3) is 0 Å². The number of aromatic nitrogens is 4. The second-order valence-electron chi connectivity index (χ2n) is 10.6. The number of hydrogen-bond donors (Lipinski definition) is 4. The van der Waals surface area contributed by atoms with Crippen molar-refractivity contribution in [1.82, 2.24) is 25.1 Å². The van der Waals surface area contributed by atoms with Gasteiger partial charge in [0.1, 0.15) is 0 Å². The van der Waals surface area contributed by atoms with Gasteiger partial charge in [-0.3, -0.25) is 0 Å². The molecule has 1 aliphatic rings. The summed E-state index contributed by atoms with van der Waals surface area (Å²) in [4.78, 5) is 20.3. The minimum absolute atomic E-state index is 0.00137. The van der Waals surface area contributed by atoms with Crippen molar-refractivity contribution in [3.05, 3.63) is 36.7 Å². The smallest absolute Gasteiger partial charge is 0.404 e. The first kappa shape index (κ1) is 25.8. The number of anilines is 2. The molecule has 1 aromatic carbocycles. The minimum Gasteiger partial charge on any atom is -0.465 e. The van der Waals surface area contributed by atoms with Gasteiger partial charge >= 0.3 is 6.09 Å². The first-order chi connectivity index (χ1) is 16.9. The molecule has 5 N–H and O–H groups in total. The number of hydrogen-bond acceptors (Lipinski definition) is 7. The standard InChI is InChI=1S/C24H33N7O4S/c1-24(2,3)20(29-23(32)33)16-9-7-15(8-10-16)14-31-21-17(13-27-31)12-26-22(30-21)28-18-5-4-6-19(11-18)36(25,34)35/h4-6,11-13,15-16,20,29H,7-10,14H2,1-3H3,(H,32,33)(H2,25,34,35)(H,26,28,30). The van der Waals surface area contributed by atoms with Crippen LogP contribution < -0.4 is 15.8 Å². The van der Waals surface area contributed by atoms with E-state index in [1.165, 1.54) is 12.1 Å². The Morgan fingerprint density at radius 1 is 1.22 bits per heavy atom. The van der Waals surface area contributed by atoms with E-state index in [2.05, 4.69) is 46.5 Å². The zero-order valence-electron chi connectivity index (χ0n) is 20.7. The Hall–Kier alpha value is -3.25. The SMILES string of the molecule is CC(C)(C)C(NC(=O)O)C1CCC(Cn2ncc3cnc(Nc4cccc(S(N)(=O)=O)c4)nc32)CC1. The van der Waals surface area contributed by atoms with Crippen LogP contribution in [0.3, 0.4) is 0 Å². The zero-order valence-corrected chi connectivity index (χ0v) is 21.5. The number of fused-ring (bicyclic) bond motifs is 1. The summed E-state index contributed by atoms with van der Waals surface area (Å²) in [6.45, 7) is 6.93.